The summed E-state index contributed by atoms with van der Waals surface area (Å²) in [5, 5.41) is 3.08. The number of amides is 2. The standard InChI is InChI=1S/C32H41N3O4S/c1-5-26(3)33-32(37)30(23-27-16-8-6-9-17-27)35(24-28-18-13-12-15-25(28)2)31(36)21-14-22-34(4)40(38,39)29-19-10-7-11-20-29/h6-13,15-20,26,30H,5,14,21-24H2,1-4H3,(H,33,37)/t26-,30-/m1/s1. The Balaban J connectivity index is 1.84. The highest BCUT2D eigenvalue weighted by Crippen LogP contribution is 2.20. The van der Waals surface area contributed by atoms with E-state index in [9.17, 15) is 18.0 Å². The minimum Gasteiger partial charge on any atom is -0.352 e. The number of rotatable bonds is 14. The summed E-state index contributed by atoms with van der Waals surface area (Å²) in [5.41, 5.74) is 2.96. The monoisotopic (exact) mass is 563 g/mol. The summed E-state index contributed by atoms with van der Waals surface area (Å²) in [6.45, 7) is 6.42. The van der Waals surface area contributed by atoms with Crippen LogP contribution in [0.4, 0.5) is 0 Å². The van der Waals surface area contributed by atoms with E-state index in [0.717, 1.165) is 23.1 Å². The Morgan fingerprint density at radius 1 is 0.900 bits per heavy atom. The molecule has 0 heterocycles. The summed E-state index contributed by atoms with van der Waals surface area (Å²) < 4.78 is 27.1. The van der Waals surface area contributed by atoms with Crippen molar-refractivity contribution in [2.75, 3.05) is 13.6 Å². The number of sulfonamides is 1. The van der Waals surface area contributed by atoms with Gasteiger partial charge in [0.25, 0.3) is 0 Å². The molecule has 1 N–H and O–H groups in total. The van der Waals surface area contributed by atoms with E-state index in [1.165, 1.54) is 11.4 Å². The van der Waals surface area contributed by atoms with E-state index < -0.39 is 16.1 Å². The number of benzene rings is 3. The zero-order valence-electron chi connectivity index (χ0n) is 23.9. The summed E-state index contributed by atoms with van der Waals surface area (Å²) in [6, 6.07) is 25.1. The molecule has 0 saturated carbocycles. The molecule has 0 aliphatic carbocycles. The van der Waals surface area contributed by atoms with Crippen LogP contribution < -0.4 is 5.32 Å². The number of carbonyl (C=O) groups is 2. The summed E-state index contributed by atoms with van der Waals surface area (Å²) in [6.07, 6.45) is 1.60. The van der Waals surface area contributed by atoms with Gasteiger partial charge in [0, 0.05) is 39.0 Å². The van der Waals surface area contributed by atoms with Crippen LogP contribution in [0.3, 0.4) is 0 Å². The molecule has 7 nitrogen and oxygen atoms in total. The van der Waals surface area contributed by atoms with Crippen LogP contribution >= 0.6 is 0 Å². The Labute approximate surface area is 239 Å². The first-order valence-corrected chi connectivity index (χ1v) is 15.3. The third-order valence-electron chi connectivity index (χ3n) is 7.19. The molecule has 0 aliphatic rings. The fourth-order valence-electron chi connectivity index (χ4n) is 4.46. The maximum Gasteiger partial charge on any atom is 0.243 e. The molecular formula is C32H41N3O4S. The topological polar surface area (TPSA) is 86.8 Å². The number of aryl methyl sites for hydroxylation is 1. The molecule has 0 aliphatic heterocycles. The van der Waals surface area contributed by atoms with Crippen LogP contribution in [0.5, 0.6) is 0 Å². The van der Waals surface area contributed by atoms with Crippen LogP contribution in [0.25, 0.3) is 0 Å². The van der Waals surface area contributed by atoms with E-state index in [1.54, 1.807) is 35.2 Å². The van der Waals surface area contributed by atoms with Crippen molar-refractivity contribution >= 4 is 21.8 Å². The molecule has 2 atom stereocenters. The van der Waals surface area contributed by atoms with Crippen molar-refractivity contribution in [2.24, 2.45) is 0 Å². The number of nitrogens with one attached hydrogen (secondary N) is 1. The molecule has 40 heavy (non-hydrogen) atoms. The quantitative estimate of drug-likeness (QED) is 0.301. The van der Waals surface area contributed by atoms with Crippen LogP contribution in [0.2, 0.25) is 0 Å². The normalized spacial score (nSPS) is 13.0. The van der Waals surface area contributed by atoms with Gasteiger partial charge in [-0.15, -0.1) is 0 Å². The Kier molecular flexibility index (Phi) is 11.5. The van der Waals surface area contributed by atoms with Gasteiger partial charge in [0.15, 0.2) is 0 Å². The molecule has 214 valence electrons. The molecule has 8 heteroatoms. The van der Waals surface area contributed by atoms with Gasteiger partial charge in [0.2, 0.25) is 21.8 Å². The lowest BCUT2D eigenvalue weighted by molar-refractivity contribution is -0.141. The smallest absolute Gasteiger partial charge is 0.243 e. The van der Waals surface area contributed by atoms with E-state index >= 15 is 0 Å². The first kappa shape index (κ1) is 31.0. The number of hydrogen-bond donors (Lipinski definition) is 1. The largest absolute Gasteiger partial charge is 0.352 e. The van der Waals surface area contributed by atoms with Crippen LogP contribution in [0, 0.1) is 6.92 Å². The van der Waals surface area contributed by atoms with Gasteiger partial charge in [-0.1, -0.05) is 79.7 Å². The summed E-state index contributed by atoms with van der Waals surface area (Å²) in [5.74, 6) is -0.377. The second-order valence-electron chi connectivity index (χ2n) is 10.2. The number of carbonyl (C=O) groups excluding carboxylic acids is 2. The third kappa shape index (κ3) is 8.50. The zero-order valence-corrected chi connectivity index (χ0v) is 24.7. The van der Waals surface area contributed by atoms with Crippen molar-refractivity contribution < 1.29 is 18.0 Å². The van der Waals surface area contributed by atoms with Gasteiger partial charge in [-0.2, -0.15) is 0 Å². The van der Waals surface area contributed by atoms with E-state index in [2.05, 4.69) is 5.32 Å². The van der Waals surface area contributed by atoms with Gasteiger partial charge in [0.05, 0.1) is 4.90 Å². The Morgan fingerprint density at radius 2 is 1.50 bits per heavy atom. The van der Waals surface area contributed by atoms with Crippen molar-refractivity contribution in [2.45, 2.75) is 70.0 Å². The molecule has 0 bridgehead atoms. The average Bonchev–Trinajstić information content (AvgIpc) is 2.96. The van der Waals surface area contributed by atoms with Crippen molar-refractivity contribution in [3.63, 3.8) is 0 Å². The molecule has 0 unspecified atom stereocenters. The summed E-state index contributed by atoms with van der Waals surface area (Å²) in [4.78, 5) is 29.3. The third-order valence-corrected chi connectivity index (χ3v) is 9.06. The maximum atomic E-state index is 13.8. The van der Waals surface area contributed by atoms with Gasteiger partial charge in [-0.3, -0.25) is 9.59 Å². The molecule has 3 aromatic rings. The number of nitrogens with zero attached hydrogens (tertiary/aromatic N) is 2. The molecule has 2 amide bonds. The predicted octanol–water partition coefficient (Wildman–Crippen LogP) is 4.95. The molecule has 0 spiro atoms. The van der Waals surface area contributed by atoms with Gasteiger partial charge < -0.3 is 10.2 Å². The lowest BCUT2D eigenvalue weighted by Gasteiger charge is -2.33. The maximum absolute atomic E-state index is 13.8. The highest BCUT2D eigenvalue weighted by molar-refractivity contribution is 7.89. The average molecular weight is 564 g/mol. The van der Waals surface area contributed by atoms with E-state index in [-0.39, 0.29) is 42.3 Å². The molecule has 3 rings (SSSR count). The SMILES string of the molecule is CC[C@@H](C)NC(=O)[C@@H](Cc1ccccc1)N(Cc1ccccc1C)C(=O)CCCN(C)S(=O)(=O)c1ccccc1. The molecule has 0 radical (unpaired) electrons. The number of hydrogen-bond acceptors (Lipinski definition) is 4. The Bertz CT molecular complexity index is 1350. The van der Waals surface area contributed by atoms with Gasteiger partial charge in [0.1, 0.15) is 6.04 Å². The van der Waals surface area contributed by atoms with E-state index in [4.69, 9.17) is 0 Å². The van der Waals surface area contributed by atoms with E-state index in [1.807, 2.05) is 75.4 Å². The van der Waals surface area contributed by atoms with E-state index in [0.29, 0.717) is 12.8 Å². The summed E-state index contributed by atoms with van der Waals surface area (Å²) in [7, 11) is -2.13. The van der Waals surface area contributed by atoms with Crippen molar-refractivity contribution in [3.8, 4) is 0 Å². The molecule has 0 fully saturated rings. The second kappa shape index (κ2) is 14.8. The lowest BCUT2D eigenvalue weighted by atomic mass is 10.0. The van der Waals surface area contributed by atoms with Gasteiger partial charge in [-0.25, -0.2) is 12.7 Å². The minimum absolute atomic E-state index is 0.0296. The van der Waals surface area contributed by atoms with Crippen molar-refractivity contribution in [1.82, 2.24) is 14.5 Å². The fourth-order valence-corrected chi connectivity index (χ4v) is 5.69. The lowest BCUT2D eigenvalue weighted by Crippen LogP contribution is -2.52. The molecule has 0 saturated heterocycles. The highest BCUT2D eigenvalue weighted by Gasteiger charge is 2.31. The van der Waals surface area contributed by atoms with Crippen LogP contribution in [-0.2, 0) is 32.6 Å². The van der Waals surface area contributed by atoms with Crippen LogP contribution in [-0.4, -0.2) is 55.1 Å². The zero-order chi connectivity index (χ0) is 29.1. The predicted molar refractivity (Wildman–Crippen MR) is 159 cm³/mol. The summed E-state index contributed by atoms with van der Waals surface area (Å²) >= 11 is 0. The van der Waals surface area contributed by atoms with Crippen molar-refractivity contribution in [1.29, 1.82) is 0 Å². The first-order chi connectivity index (χ1) is 19.1. The Morgan fingerprint density at radius 3 is 2.12 bits per heavy atom. The van der Waals surface area contributed by atoms with Gasteiger partial charge in [-0.05, 0) is 55.5 Å². The minimum atomic E-state index is -3.65. The van der Waals surface area contributed by atoms with Crippen LogP contribution in [0.1, 0.15) is 49.8 Å². The molecule has 3 aromatic carbocycles. The fraction of sp³-hybridized carbons (Fsp3) is 0.375. The first-order valence-electron chi connectivity index (χ1n) is 13.8. The molecular weight excluding hydrogens is 522 g/mol. The van der Waals surface area contributed by atoms with Crippen LogP contribution in [0.15, 0.2) is 89.8 Å². The van der Waals surface area contributed by atoms with Crippen molar-refractivity contribution in [3.05, 3.63) is 102 Å². The Hall–Kier alpha value is -3.49. The molecule has 0 aromatic heterocycles. The van der Waals surface area contributed by atoms with Gasteiger partial charge >= 0.3 is 0 Å². The highest BCUT2D eigenvalue weighted by atomic mass is 32.2. The second-order valence-corrected chi connectivity index (χ2v) is 12.3.